The monoisotopic (exact) mass is 618 g/mol. The van der Waals surface area contributed by atoms with Crippen molar-refractivity contribution in [1.29, 1.82) is 0 Å². The second kappa shape index (κ2) is 12.2. The Morgan fingerprint density at radius 1 is 1.12 bits per heavy atom. The predicted octanol–water partition coefficient (Wildman–Crippen LogP) is 0.836. The molecule has 12 nitrogen and oxygen atoms in total. The number of ether oxygens (including phenoxy) is 2. The summed E-state index contributed by atoms with van der Waals surface area (Å²) in [6.45, 7) is 1.29. The summed E-state index contributed by atoms with van der Waals surface area (Å²) in [5.74, 6) is -1.51. The first-order valence-corrected chi connectivity index (χ1v) is 16.7. The number of carbonyl (C=O) groups excluding carboxylic acids is 1. The minimum Gasteiger partial charge on any atom is -0.491 e. The average molecular weight is 619 g/mol. The summed E-state index contributed by atoms with van der Waals surface area (Å²) >= 11 is 0. The molecule has 3 aromatic rings. The molecule has 2 aliphatic heterocycles. The molecule has 2 aromatic carbocycles. The van der Waals surface area contributed by atoms with Crippen LogP contribution in [0.25, 0.3) is 10.9 Å². The number of piperidine rings is 1. The highest BCUT2D eigenvalue weighted by Gasteiger charge is 2.44. The molecule has 0 aliphatic carbocycles. The number of nitrogens with two attached hydrogens (primary N) is 1. The molecule has 0 bridgehead atoms. The lowest BCUT2D eigenvalue weighted by atomic mass is 9.88. The van der Waals surface area contributed by atoms with Crippen LogP contribution in [0.2, 0.25) is 0 Å². The zero-order valence-electron chi connectivity index (χ0n) is 22.9. The van der Waals surface area contributed by atoms with Crippen LogP contribution in [0.4, 0.5) is 0 Å². The molecule has 0 radical (unpaired) electrons. The summed E-state index contributed by atoms with van der Waals surface area (Å²) in [7, 11) is -7.52. The number of fused-ring (bicyclic) bond motifs is 1. The van der Waals surface area contributed by atoms with Crippen molar-refractivity contribution in [3.05, 3.63) is 60.8 Å². The molecule has 1 aromatic heterocycles. The van der Waals surface area contributed by atoms with E-state index in [4.69, 9.17) is 15.2 Å². The number of benzene rings is 2. The Bertz CT molecular complexity index is 1660. The molecule has 3 heterocycles. The van der Waals surface area contributed by atoms with Gasteiger partial charge in [-0.05, 0) is 61.7 Å². The molecule has 5 rings (SSSR count). The van der Waals surface area contributed by atoms with Gasteiger partial charge in [0, 0.05) is 37.3 Å². The first-order valence-electron chi connectivity index (χ1n) is 13.6. The first-order chi connectivity index (χ1) is 20.0. The van der Waals surface area contributed by atoms with Crippen LogP contribution in [0.1, 0.15) is 19.3 Å². The van der Waals surface area contributed by atoms with Gasteiger partial charge >= 0.3 is 0 Å². The molecule has 2 fully saturated rings. The highest BCUT2D eigenvalue weighted by Crippen LogP contribution is 2.37. The summed E-state index contributed by atoms with van der Waals surface area (Å²) in [5.41, 5.74) is 5.34. The van der Waals surface area contributed by atoms with E-state index in [1.54, 1.807) is 36.5 Å². The van der Waals surface area contributed by atoms with Gasteiger partial charge < -0.3 is 25.6 Å². The highest BCUT2D eigenvalue weighted by atomic mass is 32.2. The van der Waals surface area contributed by atoms with Crippen LogP contribution in [0.3, 0.4) is 0 Å². The van der Waals surface area contributed by atoms with Gasteiger partial charge in [0.1, 0.15) is 24.2 Å². The summed E-state index contributed by atoms with van der Waals surface area (Å²) in [6, 6.07) is 14.3. The van der Waals surface area contributed by atoms with Gasteiger partial charge in [0.25, 0.3) is 0 Å². The SMILES string of the molecule is NC(=O)CS(=O)(=O)c1cccc(OC[C@@H](O)CN[C@H]2COC3(CCN(S(=O)(=O)c4ccc5ncccc5c4)CC3)C2)c1. The zero-order valence-corrected chi connectivity index (χ0v) is 24.5. The zero-order chi connectivity index (χ0) is 30.0. The van der Waals surface area contributed by atoms with E-state index in [2.05, 4.69) is 10.3 Å². The average Bonchev–Trinajstić information content (AvgIpc) is 3.36. The van der Waals surface area contributed by atoms with E-state index in [0.29, 0.717) is 39.0 Å². The van der Waals surface area contributed by atoms with Gasteiger partial charge in [0.05, 0.1) is 27.5 Å². The molecule has 2 aliphatic rings. The smallest absolute Gasteiger partial charge is 0.243 e. The number of hydrogen-bond acceptors (Lipinski definition) is 10. The third-order valence-electron chi connectivity index (χ3n) is 7.64. The van der Waals surface area contributed by atoms with Crippen molar-refractivity contribution in [2.24, 2.45) is 5.73 Å². The number of primary amides is 1. The first kappa shape index (κ1) is 30.3. The number of sulfonamides is 1. The minimum absolute atomic E-state index is 0.0157. The van der Waals surface area contributed by atoms with E-state index in [0.717, 1.165) is 10.9 Å². The molecule has 2 saturated heterocycles. The fraction of sp³-hybridized carbons (Fsp3) is 0.429. The van der Waals surface area contributed by atoms with Crippen LogP contribution < -0.4 is 15.8 Å². The van der Waals surface area contributed by atoms with E-state index in [-0.39, 0.29) is 34.7 Å². The van der Waals surface area contributed by atoms with Gasteiger partial charge in [0.2, 0.25) is 15.9 Å². The summed E-state index contributed by atoms with van der Waals surface area (Å²) in [6.07, 6.45) is 2.62. The number of carbonyl (C=O) groups is 1. The van der Waals surface area contributed by atoms with E-state index >= 15 is 0 Å². The minimum atomic E-state index is -3.87. The van der Waals surface area contributed by atoms with E-state index in [9.17, 15) is 26.7 Å². The van der Waals surface area contributed by atoms with Crippen molar-refractivity contribution in [2.75, 3.05) is 38.6 Å². The van der Waals surface area contributed by atoms with Crippen LogP contribution in [-0.2, 0) is 29.4 Å². The Balaban J connectivity index is 1.08. The van der Waals surface area contributed by atoms with Crippen molar-refractivity contribution < 1.29 is 36.2 Å². The maximum absolute atomic E-state index is 13.3. The standard InChI is InChI=1S/C28H34N4O8S2/c29-27(34)19-41(35,36)24-5-1-4-23(14-24)39-18-22(33)16-31-21-15-28(40-17-21)8-11-32(12-9-28)42(37,38)25-6-7-26-20(13-25)3-2-10-30-26/h1-7,10,13-14,21-22,31,33H,8-9,11-12,15-19H2,(H2,29,34)/t21-,22+/m1/s1. The van der Waals surface area contributed by atoms with Gasteiger partial charge in [-0.25, -0.2) is 16.8 Å². The number of hydrogen-bond donors (Lipinski definition) is 3. The third kappa shape index (κ3) is 6.90. The summed E-state index contributed by atoms with van der Waals surface area (Å²) in [4.78, 5) is 15.5. The maximum Gasteiger partial charge on any atom is 0.243 e. The van der Waals surface area contributed by atoms with Gasteiger partial charge in [-0.15, -0.1) is 0 Å². The Kier molecular flexibility index (Phi) is 8.83. The maximum atomic E-state index is 13.3. The fourth-order valence-corrected chi connectivity index (χ4v) is 8.00. The summed E-state index contributed by atoms with van der Waals surface area (Å²) in [5, 5.41) is 14.5. The molecule has 226 valence electrons. The molecular formula is C28H34N4O8S2. The van der Waals surface area contributed by atoms with Crippen LogP contribution in [-0.4, -0.2) is 93.5 Å². The molecular weight excluding hydrogens is 584 g/mol. The van der Waals surface area contributed by atoms with Crippen LogP contribution in [0.15, 0.2) is 70.6 Å². The van der Waals surface area contributed by atoms with E-state index in [1.165, 1.54) is 22.5 Å². The number of amides is 1. The van der Waals surface area contributed by atoms with Crippen molar-refractivity contribution in [3.63, 3.8) is 0 Å². The van der Waals surface area contributed by atoms with Gasteiger partial charge in [-0.1, -0.05) is 12.1 Å². The Morgan fingerprint density at radius 2 is 1.90 bits per heavy atom. The second-order valence-electron chi connectivity index (χ2n) is 10.7. The lowest BCUT2D eigenvalue weighted by Crippen LogP contribution is -2.47. The predicted molar refractivity (Wildman–Crippen MR) is 154 cm³/mol. The summed E-state index contributed by atoms with van der Waals surface area (Å²) < 4.78 is 64.3. The number of aliphatic hydroxyl groups is 1. The van der Waals surface area contributed by atoms with Crippen molar-refractivity contribution >= 4 is 36.7 Å². The molecule has 14 heteroatoms. The van der Waals surface area contributed by atoms with Gasteiger partial charge in [0.15, 0.2) is 9.84 Å². The van der Waals surface area contributed by atoms with Crippen molar-refractivity contribution in [1.82, 2.24) is 14.6 Å². The fourth-order valence-electron chi connectivity index (χ4n) is 5.40. The Morgan fingerprint density at radius 3 is 2.67 bits per heavy atom. The lowest BCUT2D eigenvalue weighted by molar-refractivity contribution is -0.115. The Hall–Kier alpha value is -3.14. The lowest BCUT2D eigenvalue weighted by Gasteiger charge is -2.38. The molecule has 2 atom stereocenters. The van der Waals surface area contributed by atoms with E-state index < -0.39 is 43.2 Å². The number of sulfone groups is 1. The number of nitrogens with one attached hydrogen (secondary N) is 1. The van der Waals surface area contributed by atoms with Crippen LogP contribution in [0.5, 0.6) is 5.75 Å². The molecule has 0 unspecified atom stereocenters. The molecule has 0 saturated carbocycles. The molecule has 1 amide bonds. The van der Waals surface area contributed by atoms with Crippen molar-refractivity contribution in [2.45, 2.75) is 46.8 Å². The van der Waals surface area contributed by atoms with Crippen molar-refractivity contribution in [3.8, 4) is 5.75 Å². The number of aliphatic hydroxyl groups excluding tert-OH is 1. The van der Waals surface area contributed by atoms with Crippen LogP contribution in [0, 0.1) is 0 Å². The largest absolute Gasteiger partial charge is 0.491 e. The van der Waals surface area contributed by atoms with Crippen LogP contribution >= 0.6 is 0 Å². The number of aromatic nitrogens is 1. The topological polar surface area (TPSA) is 178 Å². The Labute approximate surface area is 244 Å². The molecule has 1 spiro atoms. The van der Waals surface area contributed by atoms with Gasteiger partial charge in [-0.3, -0.25) is 9.78 Å². The quantitative estimate of drug-likeness (QED) is 0.279. The third-order valence-corrected chi connectivity index (χ3v) is 11.2. The number of rotatable bonds is 11. The number of nitrogens with zero attached hydrogens (tertiary/aromatic N) is 2. The van der Waals surface area contributed by atoms with E-state index in [1.807, 2.05) is 6.07 Å². The normalized spacial score (nSPS) is 20.1. The molecule has 4 N–H and O–H groups in total. The number of pyridine rings is 1. The highest BCUT2D eigenvalue weighted by molar-refractivity contribution is 7.92. The second-order valence-corrected chi connectivity index (χ2v) is 14.7. The van der Waals surface area contributed by atoms with Gasteiger partial charge in [-0.2, -0.15) is 4.31 Å². The molecule has 42 heavy (non-hydrogen) atoms.